The lowest BCUT2D eigenvalue weighted by Crippen LogP contribution is -2.25. The van der Waals surface area contributed by atoms with Crippen LogP contribution in [0.1, 0.15) is 23.2 Å². The Kier molecular flexibility index (Phi) is 4.81. The van der Waals surface area contributed by atoms with Crippen LogP contribution in [0, 0.1) is 18.2 Å². The third kappa shape index (κ3) is 3.25. The normalized spacial score (nSPS) is 9.56. The Labute approximate surface area is 98.8 Å². The summed E-state index contributed by atoms with van der Waals surface area (Å²) < 4.78 is 13.3. The van der Waals surface area contributed by atoms with Crippen LogP contribution in [0.25, 0.3) is 0 Å². The van der Waals surface area contributed by atoms with Crippen molar-refractivity contribution in [3.8, 4) is 12.3 Å². The maximum Gasteiger partial charge on any atom is 0.255 e. The topological polar surface area (TPSA) is 29.1 Å². The maximum atomic E-state index is 13.3. The number of carbonyl (C=O) groups is 1. The zero-order chi connectivity index (χ0) is 12.0. The van der Waals surface area contributed by atoms with Crippen LogP contribution in [0.3, 0.4) is 0 Å². The van der Waals surface area contributed by atoms with Gasteiger partial charge in [0, 0.05) is 13.0 Å². The summed E-state index contributed by atoms with van der Waals surface area (Å²) in [4.78, 5) is 11.6. The average molecular weight is 240 g/mol. The Balaban J connectivity index is 2.63. The molecule has 0 bridgehead atoms. The molecule has 1 amide bonds. The number of halogens is 2. The van der Waals surface area contributed by atoms with Crippen molar-refractivity contribution in [3.05, 3.63) is 34.6 Å². The zero-order valence-electron chi connectivity index (χ0n) is 8.59. The molecule has 16 heavy (non-hydrogen) atoms. The Bertz CT molecular complexity index is 405. The Hall–Kier alpha value is -1.53. The molecule has 0 spiro atoms. The number of hydrogen-bond acceptors (Lipinski definition) is 1. The first-order chi connectivity index (χ1) is 7.66. The molecular formula is C12H11ClFNO. The molecule has 0 atom stereocenters. The molecule has 4 heteroatoms. The summed E-state index contributed by atoms with van der Waals surface area (Å²) in [5, 5.41) is 2.66. The predicted molar refractivity (Wildman–Crippen MR) is 61.8 cm³/mol. The largest absolute Gasteiger partial charge is 0.352 e. The number of unbranched alkanes of at least 4 members (excludes halogenated alkanes) is 1. The van der Waals surface area contributed by atoms with E-state index in [1.165, 1.54) is 18.2 Å². The van der Waals surface area contributed by atoms with E-state index in [1.54, 1.807) is 0 Å². The number of benzene rings is 1. The SMILES string of the molecule is C#CCCCNC(=O)c1c(F)cccc1Cl. The van der Waals surface area contributed by atoms with Gasteiger partial charge in [0.05, 0.1) is 10.6 Å². The summed E-state index contributed by atoms with van der Waals surface area (Å²) in [5.41, 5.74) is -0.120. The molecule has 1 aromatic rings. The molecule has 2 nitrogen and oxygen atoms in total. The molecule has 0 fully saturated rings. The van der Waals surface area contributed by atoms with Crippen LogP contribution in [0.4, 0.5) is 4.39 Å². The first-order valence-corrected chi connectivity index (χ1v) is 5.20. The quantitative estimate of drug-likeness (QED) is 0.635. The zero-order valence-corrected chi connectivity index (χ0v) is 9.35. The van der Waals surface area contributed by atoms with Gasteiger partial charge in [-0.1, -0.05) is 17.7 Å². The van der Waals surface area contributed by atoms with Gasteiger partial charge in [0.15, 0.2) is 0 Å². The molecule has 0 aliphatic carbocycles. The van der Waals surface area contributed by atoms with Crippen LogP contribution in [0.15, 0.2) is 18.2 Å². The molecule has 0 radical (unpaired) electrons. The van der Waals surface area contributed by atoms with Crippen LogP contribution in [-0.2, 0) is 0 Å². The van der Waals surface area contributed by atoms with Gasteiger partial charge in [-0.25, -0.2) is 4.39 Å². The molecule has 1 N–H and O–H groups in total. The molecule has 0 saturated heterocycles. The lowest BCUT2D eigenvalue weighted by molar-refractivity contribution is 0.0949. The highest BCUT2D eigenvalue weighted by molar-refractivity contribution is 6.33. The molecule has 0 aliphatic rings. The van der Waals surface area contributed by atoms with Crippen molar-refractivity contribution in [1.82, 2.24) is 5.32 Å². The Morgan fingerprint density at radius 1 is 1.56 bits per heavy atom. The first-order valence-electron chi connectivity index (χ1n) is 4.82. The van der Waals surface area contributed by atoms with Gasteiger partial charge in [-0.15, -0.1) is 12.3 Å². The fraction of sp³-hybridized carbons (Fsp3) is 0.250. The van der Waals surface area contributed by atoms with Crippen LogP contribution in [0.5, 0.6) is 0 Å². The molecule has 1 rings (SSSR count). The van der Waals surface area contributed by atoms with Crippen molar-refractivity contribution in [2.75, 3.05) is 6.54 Å². The van der Waals surface area contributed by atoms with Gasteiger partial charge in [-0.2, -0.15) is 0 Å². The van der Waals surface area contributed by atoms with Crippen molar-refractivity contribution < 1.29 is 9.18 Å². The lowest BCUT2D eigenvalue weighted by Gasteiger charge is -2.06. The minimum absolute atomic E-state index is 0.106. The van der Waals surface area contributed by atoms with Crippen LogP contribution in [0.2, 0.25) is 5.02 Å². The van der Waals surface area contributed by atoms with Gasteiger partial charge < -0.3 is 5.32 Å². The van der Waals surface area contributed by atoms with Crippen molar-refractivity contribution in [2.24, 2.45) is 0 Å². The second kappa shape index (κ2) is 6.14. The van der Waals surface area contributed by atoms with E-state index in [2.05, 4.69) is 11.2 Å². The van der Waals surface area contributed by atoms with Crippen molar-refractivity contribution in [2.45, 2.75) is 12.8 Å². The number of hydrogen-bond donors (Lipinski definition) is 1. The van der Waals surface area contributed by atoms with E-state index >= 15 is 0 Å². The van der Waals surface area contributed by atoms with E-state index in [1.807, 2.05) is 0 Å². The smallest absolute Gasteiger partial charge is 0.255 e. The molecule has 0 heterocycles. The third-order valence-corrected chi connectivity index (χ3v) is 2.29. The average Bonchev–Trinajstić information content (AvgIpc) is 2.24. The van der Waals surface area contributed by atoms with Gasteiger partial charge in [0.1, 0.15) is 5.82 Å². The van der Waals surface area contributed by atoms with Gasteiger partial charge in [-0.05, 0) is 18.6 Å². The second-order valence-electron chi connectivity index (χ2n) is 3.16. The molecule has 0 saturated carbocycles. The summed E-state index contributed by atoms with van der Waals surface area (Å²) in [5.74, 6) is 1.32. The van der Waals surface area contributed by atoms with Gasteiger partial charge >= 0.3 is 0 Å². The Morgan fingerprint density at radius 3 is 2.94 bits per heavy atom. The lowest BCUT2D eigenvalue weighted by atomic mass is 10.2. The van der Waals surface area contributed by atoms with Crippen LogP contribution in [-0.4, -0.2) is 12.5 Å². The van der Waals surface area contributed by atoms with Gasteiger partial charge in [0.25, 0.3) is 5.91 Å². The Morgan fingerprint density at radius 2 is 2.31 bits per heavy atom. The molecule has 1 aromatic carbocycles. The number of carbonyl (C=O) groups excluding carboxylic acids is 1. The number of amides is 1. The highest BCUT2D eigenvalue weighted by Gasteiger charge is 2.14. The van der Waals surface area contributed by atoms with Gasteiger partial charge in [-0.3, -0.25) is 4.79 Å². The maximum absolute atomic E-state index is 13.3. The minimum atomic E-state index is -0.623. The standard InChI is InChI=1S/C12H11ClFNO/c1-2-3-4-8-15-12(16)11-9(13)6-5-7-10(11)14/h1,5-7H,3-4,8H2,(H,15,16). The summed E-state index contributed by atoms with van der Waals surface area (Å²) in [6.07, 6.45) is 6.30. The van der Waals surface area contributed by atoms with Crippen molar-refractivity contribution in [3.63, 3.8) is 0 Å². The number of nitrogens with one attached hydrogen (secondary N) is 1. The first kappa shape index (κ1) is 12.5. The molecule has 0 aliphatic heterocycles. The molecule has 0 unspecified atom stereocenters. The third-order valence-electron chi connectivity index (χ3n) is 1.97. The van der Waals surface area contributed by atoms with Crippen LogP contribution < -0.4 is 5.32 Å². The minimum Gasteiger partial charge on any atom is -0.352 e. The number of rotatable bonds is 4. The summed E-state index contributed by atoms with van der Waals surface area (Å²) in [6, 6.07) is 4.12. The summed E-state index contributed by atoms with van der Waals surface area (Å²) in [7, 11) is 0. The number of terminal acetylenes is 1. The molecular weight excluding hydrogens is 229 g/mol. The second-order valence-corrected chi connectivity index (χ2v) is 3.57. The van der Waals surface area contributed by atoms with E-state index in [4.69, 9.17) is 18.0 Å². The van der Waals surface area contributed by atoms with E-state index in [0.717, 1.165) is 0 Å². The van der Waals surface area contributed by atoms with Crippen molar-refractivity contribution >= 4 is 17.5 Å². The monoisotopic (exact) mass is 239 g/mol. The van der Waals surface area contributed by atoms with E-state index < -0.39 is 11.7 Å². The fourth-order valence-corrected chi connectivity index (χ4v) is 1.44. The van der Waals surface area contributed by atoms with E-state index in [9.17, 15) is 9.18 Å². The predicted octanol–water partition coefficient (Wildman–Crippen LogP) is 2.62. The summed E-state index contributed by atoms with van der Waals surface area (Å²) >= 11 is 5.73. The highest BCUT2D eigenvalue weighted by Crippen LogP contribution is 2.18. The fourth-order valence-electron chi connectivity index (χ4n) is 1.20. The van der Waals surface area contributed by atoms with E-state index in [0.29, 0.717) is 19.4 Å². The van der Waals surface area contributed by atoms with Crippen molar-refractivity contribution in [1.29, 1.82) is 0 Å². The summed E-state index contributed by atoms with van der Waals surface area (Å²) in [6.45, 7) is 0.410. The van der Waals surface area contributed by atoms with Gasteiger partial charge in [0.2, 0.25) is 0 Å². The van der Waals surface area contributed by atoms with Crippen LogP contribution >= 0.6 is 11.6 Å². The van der Waals surface area contributed by atoms with E-state index in [-0.39, 0.29) is 10.6 Å². The highest BCUT2D eigenvalue weighted by atomic mass is 35.5. The molecule has 0 aromatic heterocycles. The molecule has 84 valence electrons.